The van der Waals surface area contributed by atoms with Crippen molar-refractivity contribution in [3.8, 4) is 0 Å². The van der Waals surface area contributed by atoms with Crippen LogP contribution in [0.4, 0.5) is 14.5 Å². The van der Waals surface area contributed by atoms with Crippen molar-refractivity contribution in [1.82, 2.24) is 9.55 Å². The van der Waals surface area contributed by atoms with Gasteiger partial charge in [0.15, 0.2) is 5.16 Å². The van der Waals surface area contributed by atoms with Crippen LogP contribution in [0.3, 0.4) is 0 Å². The van der Waals surface area contributed by atoms with E-state index < -0.39 is 17.5 Å². The minimum atomic E-state index is -0.701. The van der Waals surface area contributed by atoms with Crippen LogP contribution < -0.4 is 10.9 Å². The number of aryl methyl sites for hydroxylation is 1. The van der Waals surface area contributed by atoms with Crippen LogP contribution in [0.1, 0.15) is 30.1 Å². The van der Waals surface area contributed by atoms with E-state index >= 15 is 0 Å². The van der Waals surface area contributed by atoms with Crippen molar-refractivity contribution in [3.63, 3.8) is 0 Å². The number of benzene rings is 1. The molecule has 8 heteroatoms. The number of nitrogens with zero attached hydrogens (tertiary/aromatic N) is 2. The second-order valence-corrected chi connectivity index (χ2v) is 7.18. The molecule has 0 fully saturated rings. The smallest absolute Gasteiger partial charge is 0.257 e. The van der Waals surface area contributed by atoms with Gasteiger partial charge < -0.3 is 5.32 Å². The molecule has 4 rings (SSSR count). The summed E-state index contributed by atoms with van der Waals surface area (Å²) >= 11 is 1.45. The zero-order chi connectivity index (χ0) is 17.6. The highest BCUT2D eigenvalue weighted by Crippen LogP contribution is 2.34. The Bertz CT molecular complexity index is 929. The van der Waals surface area contributed by atoms with Crippen LogP contribution in [-0.2, 0) is 17.6 Å². The number of rotatable bonds is 3. The second-order valence-electron chi connectivity index (χ2n) is 6.19. The minimum absolute atomic E-state index is 0.0102. The van der Waals surface area contributed by atoms with Crippen LogP contribution in [0.5, 0.6) is 0 Å². The van der Waals surface area contributed by atoms with Gasteiger partial charge >= 0.3 is 0 Å². The monoisotopic (exact) mass is 363 g/mol. The topological polar surface area (TPSA) is 64.0 Å². The summed E-state index contributed by atoms with van der Waals surface area (Å²) in [5, 5.41) is 3.02. The first kappa shape index (κ1) is 16.3. The van der Waals surface area contributed by atoms with Gasteiger partial charge in [0.1, 0.15) is 11.6 Å². The maximum Gasteiger partial charge on any atom is 0.257 e. The average Bonchev–Trinajstić information content (AvgIpc) is 3.19. The van der Waals surface area contributed by atoms with Crippen LogP contribution in [0.25, 0.3) is 0 Å². The average molecular weight is 363 g/mol. The minimum Gasteiger partial charge on any atom is -0.323 e. The van der Waals surface area contributed by atoms with Gasteiger partial charge in [-0.3, -0.25) is 14.2 Å². The normalized spacial score (nSPS) is 18.1. The number of carbonyl (C=O) groups is 1. The zero-order valence-corrected chi connectivity index (χ0v) is 14.0. The van der Waals surface area contributed by atoms with E-state index in [1.54, 1.807) is 4.57 Å². The van der Waals surface area contributed by atoms with Crippen molar-refractivity contribution in [2.24, 2.45) is 0 Å². The van der Waals surface area contributed by atoms with Gasteiger partial charge in [-0.2, -0.15) is 0 Å². The maximum absolute atomic E-state index is 13.6. The Kier molecular flexibility index (Phi) is 4.07. The first-order chi connectivity index (χ1) is 12.0. The maximum atomic E-state index is 13.6. The number of hydrogen-bond acceptors (Lipinski definition) is 4. The summed E-state index contributed by atoms with van der Waals surface area (Å²) in [6.45, 7) is 0. The van der Waals surface area contributed by atoms with E-state index in [0.29, 0.717) is 10.9 Å². The van der Waals surface area contributed by atoms with E-state index in [2.05, 4.69) is 10.3 Å². The van der Waals surface area contributed by atoms with Crippen molar-refractivity contribution in [3.05, 3.63) is 51.4 Å². The van der Waals surface area contributed by atoms with E-state index in [-0.39, 0.29) is 23.7 Å². The molecule has 130 valence electrons. The van der Waals surface area contributed by atoms with E-state index in [4.69, 9.17) is 0 Å². The lowest BCUT2D eigenvalue weighted by atomic mass is 10.2. The molecule has 1 aromatic heterocycles. The zero-order valence-electron chi connectivity index (χ0n) is 13.2. The highest BCUT2D eigenvalue weighted by molar-refractivity contribution is 7.99. The number of carbonyl (C=O) groups excluding carboxylic acids is 1. The summed E-state index contributed by atoms with van der Waals surface area (Å²) < 4.78 is 28.4. The quantitative estimate of drug-likeness (QED) is 0.852. The van der Waals surface area contributed by atoms with E-state index in [9.17, 15) is 18.4 Å². The third-order valence-electron chi connectivity index (χ3n) is 4.50. The Hall–Kier alpha value is -2.22. The molecule has 2 aliphatic rings. The molecular weight excluding hydrogens is 348 g/mol. The number of aromatic nitrogens is 2. The fraction of sp³-hybridized carbons (Fsp3) is 0.353. The molecule has 5 nitrogen and oxygen atoms in total. The summed E-state index contributed by atoms with van der Waals surface area (Å²) in [5.74, 6) is -1.23. The summed E-state index contributed by atoms with van der Waals surface area (Å²) in [4.78, 5) is 29.5. The Labute approximate surface area is 146 Å². The summed E-state index contributed by atoms with van der Waals surface area (Å²) in [6, 6.07) is 2.55. The number of fused-ring (bicyclic) bond motifs is 2. The lowest BCUT2D eigenvalue weighted by molar-refractivity contribution is -0.116. The van der Waals surface area contributed by atoms with E-state index in [1.165, 1.54) is 11.8 Å². The Morgan fingerprint density at radius 3 is 3.04 bits per heavy atom. The molecule has 2 aromatic rings. The van der Waals surface area contributed by atoms with Crippen molar-refractivity contribution >= 4 is 23.4 Å². The standard InChI is InChI=1S/C17H15F2N3O2S/c18-9-4-5-12(19)14(6-9)20-15(23)7-10-8-25-17-21-13-3-1-2-11(13)16(24)22(10)17/h4-6,10H,1-3,7-8H2,(H,20,23). The number of anilines is 1. The van der Waals surface area contributed by atoms with E-state index in [0.717, 1.165) is 48.7 Å². The van der Waals surface area contributed by atoms with Gasteiger partial charge in [-0.15, -0.1) is 0 Å². The predicted molar refractivity (Wildman–Crippen MR) is 89.9 cm³/mol. The largest absolute Gasteiger partial charge is 0.323 e. The number of hydrogen-bond donors (Lipinski definition) is 1. The molecule has 0 radical (unpaired) electrons. The molecule has 0 bridgehead atoms. The molecule has 0 spiro atoms. The van der Waals surface area contributed by atoms with Crippen LogP contribution in [0.15, 0.2) is 28.2 Å². The molecule has 2 heterocycles. The lowest BCUT2D eigenvalue weighted by Gasteiger charge is -2.14. The third kappa shape index (κ3) is 2.95. The van der Waals surface area contributed by atoms with Crippen LogP contribution in [-0.4, -0.2) is 21.2 Å². The van der Waals surface area contributed by atoms with Crippen molar-refractivity contribution in [2.75, 3.05) is 11.1 Å². The predicted octanol–water partition coefficient (Wildman–Crippen LogP) is 2.69. The summed E-state index contributed by atoms with van der Waals surface area (Å²) in [7, 11) is 0. The lowest BCUT2D eigenvalue weighted by Crippen LogP contribution is -2.30. The molecule has 1 atom stereocenters. The number of thioether (sulfide) groups is 1. The van der Waals surface area contributed by atoms with Gasteiger partial charge in [0.05, 0.1) is 17.4 Å². The molecule has 25 heavy (non-hydrogen) atoms. The van der Waals surface area contributed by atoms with Crippen molar-refractivity contribution in [1.29, 1.82) is 0 Å². The Morgan fingerprint density at radius 2 is 2.20 bits per heavy atom. The van der Waals surface area contributed by atoms with Gasteiger partial charge in [0, 0.05) is 23.8 Å². The highest BCUT2D eigenvalue weighted by Gasteiger charge is 2.31. The molecule has 1 aromatic carbocycles. The summed E-state index contributed by atoms with van der Waals surface area (Å²) in [6.07, 6.45) is 2.48. The van der Waals surface area contributed by atoms with Gasteiger partial charge in [-0.1, -0.05) is 11.8 Å². The molecule has 1 aliphatic carbocycles. The van der Waals surface area contributed by atoms with Crippen molar-refractivity contribution in [2.45, 2.75) is 36.9 Å². The van der Waals surface area contributed by atoms with Crippen LogP contribution >= 0.6 is 11.8 Å². The SMILES string of the molecule is O=C(CC1CSc2nc3c(c(=O)n21)CCC3)Nc1cc(F)ccc1F. The van der Waals surface area contributed by atoms with E-state index in [1.807, 2.05) is 0 Å². The first-order valence-corrected chi connectivity index (χ1v) is 9.03. The molecular formula is C17H15F2N3O2S. The molecule has 1 unspecified atom stereocenters. The second kappa shape index (κ2) is 6.25. The highest BCUT2D eigenvalue weighted by atomic mass is 32.2. The Balaban J connectivity index is 1.55. The fourth-order valence-corrected chi connectivity index (χ4v) is 4.47. The molecule has 0 saturated heterocycles. The van der Waals surface area contributed by atoms with Gasteiger partial charge in [0.25, 0.3) is 5.56 Å². The molecule has 1 amide bonds. The summed E-state index contributed by atoms with van der Waals surface area (Å²) in [5.41, 5.74) is 1.34. The Morgan fingerprint density at radius 1 is 1.36 bits per heavy atom. The molecule has 1 aliphatic heterocycles. The van der Waals surface area contributed by atoms with Gasteiger partial charge in [-0.05, 0) is 31.4 Å². The fourth-order valence-electron chi connectivity index (χ4n) is 3.31. The van der Waals surface area contributed by atoms with Gasteiger partial charge in [-0.25, -0.2) is 13.8 Å². The number of nitrogens with one attached hydrogen (secondary N) is 1. The number of halogens is 2. The third-order valence-corrected chi connectivity index (χ3v) is 5.59. The van der Waals surface area contributed by atoms with Crippen LogP contribution in [0, 0.1) is 11.6 Å². The first-order valence-electron chi connectivity index (χ1n) is 8.05. The van der Waals surface area contributed by atoms with Gasteiger partial charge in [0.2, 0.25) is 5.91 Å². The molecule has 1 N–H and O–H groups in total. The van der Waals surface area contributed by atoms with Crippen LogP contribution in [0.2, 0.25) is 0 Å². The number of amides is 1. The molecule has 0 saturated carbocycles. The van der Waals surface area contributed by atoms with Crippen molar-refractivity contribution < 1.29 is 13.6 Å².